The first-order valence-electron chi connectivity index (χ1n) is 3.02. The predicted molar refractivity (Wildman–Crippen MR) is 38.0 cm³/mol. The van der Waals surface area contributed by atoms with E-state index < -0.39 is 11.8 Å². The second-order valence-corrected chi connectivity index (χ2v) is 1.99. The molecular formula is C7H10O4. The SMILES string of the molecule is COC(=O)CC(=O)C(C)=CO. The highest BCUT2D eigenvalue weighted by Gasteiger charge is 2.10. The highest BCUT2D eigenvalue weighted by atomic mass is 16.5. The van der Waals surface area contributed by atoms with Crippen LogP contribution in [0.5, 0.6) is 0 Å². The standard InChI is InChI=1S/C7H10O4/c1-5(4-8)6(9)3-7(10)11-2/h4,8H,3H2,1-2H3. The lowest BCUT2D eigenvalue weighted by molar-refractivity contribution is -0.142. The molecule has 0 heterocycles. The first kappa shape index (κ1) is 9.68. The highest BCUT2D eigenvalue weighted by molar-refractivity contribution is 6.04. The van der Waals surface area contributed by atoms with Gasteiger partial charge in [-0.3, -0.25) is 9.59 Å². The molecule has 0 aliphatic carbocycles. The molecule has 0 saturated carbocycles. The first-order valence-corrected chi connectivity index (χ1v) is 3.02. The lowest BCUT2D eigenvalue weighted by Crippen LogP contribution is -2.09. The van der Waals surface area contributed by atoms with Crippen molar-refractivity contribution in [1.29, 1.82) is 0 Å². The average molecular weight is 158 g/mol. The van der Waals surface area contributed by atoms with Gasteiger partial charge in [-0.05, 0) is 6.92 Å². The molecule has 0 bridgehead atoms. The zero-order valence-electron chi connectivity index (χ0n) is 6.46. The normalized spacial score (nSPS) is 10.9. The maximum Gasteiger partial charge on any atom is 0.313 e. The van der Waals surface area contributed by atoms with Crippen molar-refractivity contribution in [2.75, 3.05) is 7.11 Å². The molecule has 0 unspecified atom stereocenters. The Labute approximate surface area is 64.5 Å². The fourth-order valence-corrected chi connectivity index (χ4v) is 0.415. The van der Waals surface area contributed by atoms with E-state index in [4.69, 9.17) is 5.11 Å². The van der Waals surface area contributed by atoms with Crippen molar-refractivity contribution in [3.63, 3.8) is 0 Å². The predicted octanol–water partition coefficient (Wildman–Crippen LogP) is 0.580. The van der Waals surface area contributed by atoms with Crippen LogP contribution in [0.2, 0.25) is 0 Å². The molecule has 4 heteroatoms. The van der Waals surface area contributed by atoms with Crippen LogP contribution in [0.15, 0.2) is 11.8 Å². The third kappa shape index (κ3) is 3.40. The van der Waals surface area contributed by atoms with Crippen molar-refractivity contribution >= 4 is 11.8 Å². The zero-order chi connectivity index (χ0) is 8.85. The summed E-state index contributed by atoms with van der Waals surface area (Å²) < 4.78 is 4.25. The van der Waals surface area contributed by atoms with Gasteiger partial charge in [0.2, 0.25) is 0 Å². The molecule has 0 aromatic heterocycles. The Morgan fingerprint density at radius 1 is 1.55 bits per heavy atom. The summed E-state index contributed by atoms with van der Waals surface area (Å²) in [7, 11) is 1.20. The van der Waals surface area contributed by atoms with Crippen LogP contribution in [-0.2, 0) is 14.3 Å². The van der Waals surface area contributed by atoms with E-state index in [2.05, 4.69) is 4.74 Å². The van der Waals surface area contributed by atoms with Crippen molar-refractivity contribution in [1.82, 2.24) is 0 Å². The van der Waals surface area contributed by atoms with E-state index in [0.717, 1.165) is 0 Å². The molecular weight excluding hydrogens is 148 g/mol. The van der Waals surface area contributed by atoms with Gasteiger partial charge in [0.15, 0.2) is 5.78 Å². The fourth-order valence-electron chi connectivity index (χ4n) is 0.415. The lowest BCUT2D eigenvalue weighted by Gasteiger charge is -1.96. The molecule has 0 atom stereocenters. The topological polar surface area (TPSA) is 63.6 Å². The number of hydrogen-bond donors (Lipinski definition) is 1. The number of ether oxygens (including phenoxy) is 1. The van der Waals surface area contributed by atoms with Gasteiger partial charge in [-0.25, -0.2) is 0 Å². The van der Waals surface area contributed by atoms with Gasteiger partial charge >= 0.3 is 5.97 Å². The smallest absolute Gasteiger partial charge is 0.313 e. The third-order valence-electron chi connectivity index (χ3n) is 1.17. The molecule has 0 amide bonds. The number of allylic oxidation sites excluding steroid dienone is 1. The minimum absolute atomic E-state index is 0.149. The average Bonchev–Trinajstić information content (AvgIpc) is 2.02. The van der Waals surface area contributed by atoms with E-state index in [9.17, 15) is 9.59 Å². The summed E-state index contributed by atoms with van der Waals surface area (Å²) in [4.78, 5) is 21.3. The maximum atomic E-state index is 10.8. The minimum Gasteiger partial charge on any atom is -0.515 e. The summed E-state index contributed by atoms with van der Waals surface area (Å²) in [5, 5.41) is 8.36. The number of carbonyl (C=O) groups is 2. The molecule has 62 valence electrons. The molecule has 0 aromatic rings. The van der Waals surface area contributed by atoms with Gasteiger partial charge in [0.05, 0.1) is 13.4 Å². The van der Waals surface area contributed by atoms with Crippen LogP contribution >= 0.6 is 0 Å². The number of Topliss-reactive ketones (excluding diaryl/α,β-unsaturated/α-hetero) is 1. The number of esters is 1. The Bertz CT molecular complexity index is 193. The number of ketones is 1. The monoisotopic (exact) mass is 158 g/mol. The first-order chi connectivity index (χ1) is 5.11. The van der Waals surface area contributed by atoms with Crippen LogP contribution in [-0.4, -0.2) is 24.0 Å². The zero-order valence-corrected chi connectivity index (χ0v) is 6.46. The molecule has 0 spiro atoms. The highest BCUT2D eigenvalue weighted by Crippen LogP contribution is 1.98. The Morgan fingerprint density at radius 3 is 2.45 bits per heavy atom. The number of carbonyl (C=O) groups excluding carboxylic acids is 2. The maximum absolute atomic E-state index is 10.8. The van der Waals surface area contributed by atoms with E-state index >= 15 is 0 Å². The van der Waals surface area contributed by atoms with Gasteiger partial charge in [-0.1, -0.05) is 0 Å². The van der Waals surface area contributed by atoms with Crippen molar-refractivity contribution in [2.45, 2.75) is 13.3 Å². The number of rotatable bonds is 3. The van der Waals surface area contributed by atoms with E-state index in [-0.39, 0.29) is 12.0 Å². The van der Waals surface area contributed by atoms with Gasteiger partial charge < -0.3 is 9.84 Å². The van der Waals surface area contributed by atoms with E-state index in [1.807, 2.05) is 0 Å². The Balaban J connectivity index is 3.98. The molecule has 0 aliphatic rings. The van der Waals surface area contributed by atoms with Crippen LogP contribution in [0.25, 0.3) is 0 Å². The van der Waals surface area contributed by atoms with E-state index in [1.165, 1.54) is 14.0 Å². The fraction of sp³-hybridized carbons (Fsp3) is 0.429. The molecule has 0 fully saturated rings. The van der Waals surface area contributed by atoms with Crippen LogP contribution in [0.1, 0.15) is 13.3 Å². The van der Waals surface area contributed by atoms with Gasteiger partial charge in [-0.15, -0.1) is 0 Å². The molecule has 0 radical (unpaired) electrons. The molecule has 0 saturated heterocycles. The molecule has 4 nitrogen and oxygen atoms in total. The summed E-state index contributed by atoms with van der Waals surface area (Å²) >= 11 is 0. The Kier molecular flexibility index (Phi) is 3.95. The van der Waals surface area contributed by atoms with Crippen molar-refractivity contribution < 1.29 is 19.4 Å². The van der Waals surface area contributed by atoms with Crippen LogP contribution in [0.3, 0.4) is 0 Å². The number of aliphatic hydroxyl groups is 1. The van der Waals surface area contributed by atoms with Crippen LogP contribution in [0, 0.1) is 0 Å². The summed E-state index contributed by atoms with van der Waals surface area (Å²) in [5.41, 5.74) is 0.149. The molecule has 0 aromatic carbocycles. The van der Waals surface area contributed by atoms with Gasteiger partial charge in [-0.2, -0.15) is 0 Å². The lowest BCUT2D eigenvalue weighted by atomic mass is 10.1. The quantitative estimate of drug-likeness (QED) is 0.282. The number of aliphatic hydroxyl groups excluding tert-OH is 1. The summed E-state index contributed by atoms with van der Waals surface area (Å²) in [5.74, 6) is -1.03. The Hall–Kier alpha value is -1.32. The number of hydrogen-bond acceptors (Lipinski definition) is 4. The van der Waals surface area contributed by atoms with Crippen LogP contribution < -0.4 is 0 Å². The summed E-state index contributed by atoms with van der Waals surface area (Å²) in [6.07, 6.45) is 0.352. The molecule has 0 rings (SSSR count). The summed E-state index contributed by atoms with van der Waals surface area (Å²) in [6.45, 7) is 1.42. The summed E-state index contributed by atoms with van der Waals surface area (Å²) in [6, 6.07) is 0. The molecule has 1 N–H and O–H groups in total. The third-order valence-corrected chi connectivity index (χ3v) is 1.17. The van der Waals surface area contributed by atoms with E-state index in [0.29, 0.717) is 6.26 Å². The minimum atomic E-state index is -0.601. The van der Waals surface area contributed by atoms with E-state index in [1.54, 1.807) is 0 Å². The number of methoxy groups -OCH3 is 1. The van der Waals surface area contributed by atoms with Gasteiger partial charge in [0, 0.05) is 5.57 Å². The van der Waals surface area contributed by atoms with Crippen molar-refractivity contribution in [3.8, 4) is 0 Å². The van der Waals surface area contributed by atoms with Gasteiger partial charge in [0.1, 0.15) is 6.42 Å². The van der Waals surface area contributed by atoms with Crippen molar-refractivity contribution in [2.24, 2.45) is 0 Å². The second kappa shape index (κ2) is 4.49. The second-order valence-electron chi connectivity index (χ2n) is 1.99. The van der Waals surface area contributed by atoms with Gasteiger partial charge in [0.25, 0.3) is 0 Å². The largest absolute Gasteiger partial charge is 0.515 e. The molecule has 0 aliphatic heterocycles. The van der Waals surface area contributed by atoms with Crippen LogP contribution in [0.4, 0.5) is 0 Å². The Morgan fingerprint density at radius 2 is 2.09 bits per heavy atom. The van der Waals surface area contributed by atoms with Crippen molar-refractivity contribution in [3.05, 3.63) is 11.8 Å². The molecule has 11 heavy (non-hydrogen) atoms.